The summed E-state index contributed by atoms with van der Waals surface area (Å²) in [6, 6.07) is 0. The van der Waals surface area contributed by atoms with Crippen molar-refractivity contribution < 1.29 is 26.2 Å². The van der Waals surface area contributed by atoms with E-state index in [0.717, 1.165) is 0 Å². The second-order valence-electron chi connectivity index (χ2n) is 1.84. The zero-order valence-electron chi connectivity index (χ0n) is 5.54. The van der Waals surface area contributed by atoms with Crippen molar-refractivity contribution in [1.29, 1.82) is 0 Å². The molecule has 0 aromatic rings. The van der Waals surface area contributed by atoms with Gasteiger partial charge in [-0.25, -0.2) is 13.6 Å². The van der Waals surface area contributed by atoms with E-state index in [1.807, 2.05) is 0 Å². The molecule has 0 aromatic heterocycles. The Hall–Kier alpha value is -0.710. The lowest BCUT2D eigenvalue weighted by atomic mass is 10.8. The molecule has 0 aliphatic carbocycles. The predicted molar refractivity (Wildman–Crippen MR) is 37.6 cm³/mol. The summed E-state index contributed by atoms with van der Waals surface area (Å²) in [4.78, 5) is 10.2. The molecule has 0 aromatic carbocycles. The maximum atomic E-state index is 10.4. The van der Waals surface area contributed by atoms with Gasteiger partial charge in [0.05, 0.1) is 0 Å². The summed E-state index contributed by atoms with van der Waals surface area (Å²) in [7, 11) is -9.84. The second kappa shape index (κ2) is 2.97. The monoisotopic (exact) mass is 218 g/mol. The van der Waals surface area contributed by atoms with Gasteiger partial charge in [0.15, 0.2) is 0 Å². The molecule has 1 amide bonds. The van der Waals surface area contributed by atoms with Crippen LogP contribution in [0.1, 0.15) is 0 Å². The molecule has 0 bridgehead atoms. The highest BCUT2D eigenvalue weighted by molar-refractivity contribution is 8.06. The first-order valence-electron chi connectivity index (χ1n) is 2.34. The molecule has 1 unspecified atom stereocenters. The molecule has 12 heavy (non-hydrogen) atoms. The summed E-state index contributed by atoms with van der Waals surface area (Å²) < 4.78 is 46.5. The van der Waals surface area contributed by atoms with Crippen LogP contribution in [0, 0.1) is 0 Å². The van der Waals surface area contributed by atoms with Gasteiger partial charge >= 0.3 is 0 Å². The van der Waals surface area contributed by atoms with E-state index in [9.17, 15) is 21.6 Å². The van der Waals surface area contributed by atoms with Gasteiger partial charge in [-0.1, -0.05) is 0 Å². The van der Waals surface area contributed by atoms with Crippen LogP contribution in [0.3, 0.4) is 0 Å². The lowest BCUT2D eigenvalue weighted by molar-refractivity contribution is -0.116. The van der Waals surface area contributed by atoms with Crippen LogP contribution in [0.15, 0.2) is 0 Å². The van der Waals surface area contributed by atoms with Crippen LogP contribution >= 0.6 is 0 Å². The van der Waals surface area contributed by atoms with E-state index >= 15 is 0 Å². The van der Waals surface area contributed by atoms with Crippen molar-refractivity contribution in [1.82, 2.24) is 0 Å². The Morgan fingerprint density at radius 3 is 1.58 bits per heavy atom. The maximum Gasteiger partial charge on any atom is 0.293 e. The Morgan fingerprint density at radius 2 is 1.58 bits per heavy atom. The fraction of sp³-hybridized carbons (Fsp3) is 0.500. The summed E-state index contributed by atoms with van der Waals surface area (Å²) in [6.45, 7) is 0. The average molecular weight is 218 g/mol. The molecule has 0 radical (unpaired) electrons. The first kappa shape index (κ1) is 11.3. The van der Waals surface area contributed by atoms with Gasteiger partial charge in [0.1, 0.15) is 0 Å². The molecule has 8 nitrogen and oxygen atoms in total. The van der Waals surface area contributed by atoms with E-state index in [1.54, 1.807) is 0 Å². The number of rotatable bonds is 3. The molecule has 0 saturated carbocycles. The van der Waals surface area contributed by atoms with E-state index in [1.165, 1.54) is 0 Å². The molecule has 0 saturated heterocycles. The lowest BCUT2D eigenvalue weighted by Gasteiger charge is -2.05. The van der Waals surface area contributed by atoms with E-state index in [2.05, 4.69) is 10.9 Å². The molecule has 0 heterocycles. The number of amides is 1. The van der Waals surface area contributed by atoms with Crippen LogP contribution < -0.4 is 10.9 Å². The molecule has 10 heteroatoms. The average Bonchev–Trinajstić information content (AvgIpc) is 1.49. The number of primary amides is 1. The first-order valence-corrected chi connectivity index (χ1v) is 5.45. The van der Waals surface area contributed by atoms with E-state index in [0.29, 0.717) is 0 Å². The fourth-order valence-corrected chi connectivity index (χ4v) is 2.45. The van der Waals surface area contributed by atoms with Crippen LogP contribution in [0.4, 0.5) is 0 Å². The van der Waals surface area contributed by atoms with Crippen molar-refractivity contribution in [2.24, 2.45) is 10.9 Å². The number of carbonyl (C=O) groups is 1. The number of sulfonamides is 1. The third kappa shape index (κ3) is 2.73. The third-order valence-corrected chi connectivity index (χ3v) is 3.94. The molecule has 0 spiro atoms. The van der Waals surface area contributed by atoms with Crippen molar-refractivity contribution in [2.45, 2.75) is 4.58 Å². The molecule has 0 aliphatic heterocycles. The van der Waals surface area contributed by atoms with E-state index in [-0.39, 0.29) is 0 Å². The topological polar surface area (TPSA) is 158 Å². The highest BCUT2D eigenvalue weighted by atomic mass is 32.3. The van der Waals surface area contributed by atoms with Crippen LogP contribution in [-0.4, -0.2) is 31.9 Å². The van der Waals surface area contributed by atoms with Gasteiger partial charge in [-0.2, -0.15) is 8.42 Å². The third-order valence-electron chi connectivity index (χ3n) is 0.801. The number of hydrogen-bond donors (Lipinski definition) is 3. The smallest absolute Gasteiger partial charge is 0.293 e. The summed E-state index contributed by atoms with van der Waals surface area (Å²) in [5, 5.41) is 4.30. The van der Waals surface area contributed by atoms with Gasteiger partial charge in [0, 0.05) is 0 Å². The van der Waals surface area contributed by atoms with Crippen molar-refractivity contribution in [3.05, 3.63) is 0 Å². The quantitative estimate of drug-likeness (QED) is 0.427. The van der Waals surface area contributed by atoms with Crippen LogP contribution in [0.25, 0.3) is 0 Å². The SMILES string of the molecule is NC(=O)C(S(N)(=O)=O)S(=O)(=O)O. The van der Waals surface area contributed by atoms with Crippen LogP contribution in [-0.2, 0) is 24.9 Å². The van der Waals surface area contributed by atoms with E-state index < -0.39 is 30.6 Å². The largest absolute Gasteiger partial charge is 0.368 e. The van der Waals surface area contributed by atoms with E-state index in [4.69, 9.17) is 4.55 Å². The normalized spacial score (nSPS) is 15.5. The zero-order valence-corrected chi connectivity index (χ0v) is 7.17. The minimum atomic E-state index is -5.11. The highest BCUT2D eigenvalue weighted by Gasteiger charge is 2.39. The highest BCUT2D eigenvalue weighted by Crippen LogP contribution is 2.02. The minimum Gasteiger partial charge on any atom is -0.368 e. The Morgan fingerprint density at radius 1 is 1.25 bits per heavy atom. The van der Waals surface area contributed by atoms with Gasteiger partial charge < -0.3 is 5.73 Å². The molecule has 5 N–H and O–H groups in total. The number of carbonyl (C=O) groups excluding carboxylic acids is 1. The Bertz CT molecular complexity index is 346. The first-order chi connectivity index (χ1) is 5.07. The van der Waals surface area contributed by atoms with Crippen LogP contribution in [0.2, 0.25) is 0 Å². The van der Waals surface area contributed by atoms with Crippen LogP contribution in [0.5, 0.6) is 0 Å². The van der Waals surface area contributed by atoms with Crippen molar-refractivity contribution in [3.8, 4) is 0 Å². The van der Waals surface area contributed by atoms with Crippen molar-refractivity contribution >= 4 is 26.0 Å². The molecule has 0 fully saturated rings. The minimum absolute atomic E-state index is 1.75. The Kier molecular flexibility index (Phi) is 2.79. The predicted octanol–water partition coefficient (Wildman–Crippen LogP) is -3.03. The van der Waals surface area contributed by atoms with Crippen molar-refractivity contribution in [3.63, 3.8) is 0 Å². The maximum absolute atomic E-state index is 10.4. The van der Waals surface area contributed by atoms with Gasteiger partial charge in [0.2, 0.25) is 10.0 Å². The Balaban J connectivity index is 5.42. The second-order valence-corrected chi connectivity index (χ2v) is 5.29. The fourth-order valence-electron chi connectivity index (χ4n) is 0.478. The van der Waals surface area contributed by atoms with Crippen molar-refractivity contribution in [2.75, 3.05) is 0 Å². The van der Waals surface area contributed by atoms with Gasteiger partial charge in [0.25, 0.3) is 20.6 Å². The number of hydrogen-bond acceptors (Lipinski definition) is 5. The van der Waals surface area contributed by atoms with Gasteiger partial charge in [-0.05, 0) is 0 Å². The summed E-state index contributed by atoms with van der Waals surface area (Å²) >= 11 is 0. The number of nitrogens with two attached hydrogens (primary N) is 2. The standard InChI is InChI=1S/C2H6N2O6S2/c3-1(5)2(11(4,6)7)12(8,9)10/h2H,(H2,3,5)(H2,4,6,7)(H,8,9,10). The van der Waals surface area contributed by atoms with Gasteiger partial charge in [-0.3, -0.25) is 9.35 Å². The molecule has 0 aliphatic rings. The summed E-state index contributed by atoms with van der Waals surface area (Å²) in [6.07, 6.45) is 0. The molecule has 1 atom stereocenters. The molecule has 0 rings (SSSR count). The number of primary sulfonamides is 1. The zero-order chi connectivity index (χ0) is 10.2. The molecule has 72 valence electrons. The summed E-state index contributed by atoms with van der Waals surface area (Å²) in [5.74, 6) is -1.75. The lowest BCUT2D eigenvalue weighted by Crippen LogP contribution is -2.45. The molecular formula is C2H6N2O6S2. The summed E-state index contributed by atoms with van der Waals surface area (Å²) in [5.41, 5.74) is 4.37. The Labute approximate surface area is 68.3 Å². The molecular weight excluding hydrogens is 212 g/mol. The van der Waals surface area contributed by atoms with Gasteiger partial charge in [-0.15, -0.1) is 0 Å².